The van der Waals surface area contributed by atoms with Crippen LogP contribution in [0.2, 0.25) is 0 Å². The lowest BCUT2D eigenvalue weighted by molar-refractivity contribution is -0.130. The molecule has 0 atom stereocenters. The first kappa shape index (κ1) is 13.2. The molecular formula is C16H13NO4. The second-order valence-electron chi connectivity index (χ2n) is 4.35. The minimum atomic E-state index is -0.471. The van der Waals surface area contributed by atoms with Gasteiger partial charge in [-0.2, -0.15) is 0 Å². The van der Waals surface area contributed by atoms with E-state index in [0.717, 1.165) is 5.75 Å². The molecule has 5 heteroatoms. The first-order valence-corrected chi connectivity index (χ1v) is 6.54. The third kappa shape index (κ3) is 3.39. The lowest BCUT2D eigenvalue weighted by Crippen LogP contribution is -2.08. The van der Waals surface area contributed by atoms with E-state index in [1.54, 1.807) is 18.2 Å². The molecule has 2 aromatic rings. The van der Waals surface area contributed by atoms with E-state index in [-0.39, 0.29) is 5.70 Å². The maximum atomic E-state index is 11.7. The Morgan fingerprint density at radius 1 is 1.14 bits per heavy atom. The highest BCUT2D eigenvalue weighted by molar-refractivity contribution is 6.07. The number of cyclic esters (lactones) is 1. The van der Waals surface area contributed by atoms with Gasteiger partial charge in [-0.05, 0) is 24.3 Å². The summed E-state index contributed by atoms with van der Waals surface area (Å²) in [5.74, 6) is 1.22. The molecular weight excluding hydrogens is 270 g/mol. The van der Waals surface area contributed by atoms with Crippen LogP contribution < -0.4 is 4.74 Å². The zero-order valence-electron chi connectivity index (χ0n) is 11.2. The van der Waals surface area contributed by atoms with Crippen molar-refractivity contribution in [3.8, 4) is 5.75 Å². The molecule has 0 bridgehead atoms. The molecule has 1 aromatic heterocycles. The van der Waals surface area contributed by atoms with Crippen molar-refractivity contribution >= 4 is 17.9 Å². The molecule has 0 N–H and O–H groups in total. The third-order valence-electron chi connectivity index (χ3n) is 2.81. The zero-order chi connectivity index (χ0) is 14.5. The van der Waals surface area contributed by atoms with E-state index in [0.29, 0.717) is 24.7 Å². The third-order valence-corrected chi connectivity index (χ3v) is 2.81. The fourth-order valence-electron chi connectivity index (χ4n) is 1.84. The quantitative estimate of drug-likeness (QED) is 0.625. The van der Waals surface area contributed by atoms with Crippen molar-refractivity contribution in [2.75, 3.05) is 6.61 Å². The number of carbonyl (C=O) groups is 1. The Hall–Kier alpha value is -2.82. The fraction of sp³-hybridized carbons (Fsp3) is 0.125. The molecule has 1 aromatic carbocycles. The van der Waals surface area contributed by atoms with E-state index in [2.05, 4.69) is 4.99 Å². The lowest BCUT2D eigenvalue weighted by atomic mass is 10.3. The van der Waals surface area contributed by atoms with Gasteiger partial charge in [-0.15, -0.1) is 0 Å². The van der Waals surface area contributed by atoms with Crippen LogP contribution in [0, 0.1) is 0 Å². The number of ether oxygens (including phenoxy) is 2. The number of hydrogen-bond donors (Lipinski definition) is 0. The van der Waals surface area contributed by atoms with Gasteiger partial charge in [-0.25, -0.2) is 9.79 Å². The van der Waals surface area contributed by atoms with E-state index in [1.807, 2.05) is 30.3 Å². The molecule has 2 heterocycles. The van der Waals surface area contributed by atoms with Crippen LogP contribution in [0.4, 0.5) is 0 Å². The second-order valence-corrected chi connectivity index (χ2v) is 4.35. The molecule has 0 spiro atoms. The maximum absolute atomic E-state index is 11.7. The molecule has 106 valence electrons. The summed E-state index contributed by atoms with van der Waals surface area (Å²) in [4.78, 5) is 15.8. The molecule has 0 saturated carbocycles. The van der Waals surface area contributed by atoms with Crippen LogP contribution in [0.25, 0.3) is 6.08 Å². The SMILES string of the molecule is O=C1OC(CCOc2ccccc2)=N/C1=C/c1ccco1. The van der Waals surface area contributed by atoms with Gasteiger partial charge < -0.3 is 13.9 Å². The molecule has 0 aliphatic carbocycles. The predicted molar refractivity (Wildman–Crippen MR) is 76.8 cm³/mol. The van der Waals surface area contributed by atoms with Crippen LogP contribution in [0.5, 0.6) is 5.75 Å². The Kier molecular flexibility index (Phi) is 3.82. The number of benzene rings is 1. The van der Waals surface area contributed by atoms with E-state index < -0.39 is 5.97 Å². The highest BCUT2D eigenvalue weighted by atomic mass is 16.6. The molecule has 0 saturated heterocycles. The van der Waals surface area contributed by atoms with Gasteiger partial charge >= 0.3 is 5.97 Å². The molecule has 21 heavy (non-hydrogen) atoms. The number of rotatable bonds is 5. The first-order chi connectivity index (χ1) is 10.3. The molecule has 0 fully saturated rings. The van der Waals surface area contributed by atoms with Crippen LogP contribution in [-0.2, 0) is 9.53 Å². The van der Waals surface area contributed by atoms with Crippen molar-refractivity contribution < 1.29 is 18.7 Å². The fourth-order valence-corrected chi connectivity index (χ4v) is 1.84. The van der Waals surface area contributed by atoms with Crippen molar-refractivity contribution in [1.82, 2.24) is 0 Å². The standard InChI is InChI=1S/C16H13NO4/c18-16-14(11-13-7-4-9-19-13)17-15(21-16)8-10-20-12-5-2-1-3-6-12/h1-7,9,11H,8,10H2/b14-11+. The maximum Gasteiger partial charge on any atom is 0.363 e. The van der Waals surface area contributed by atoms with Crippen LogP contribution in [0.3, 0.4) is 0 Å². The topological polar surface area (TPSA) is 61.0 Å². The smallest absolute Gasteiger partial charge is 0.363 e. The minimum Gasteiger partial charge on any atom is -0.493 e. The summed E-state index contributed by atoms with van der Waals surface area (Å²) < 4.78 is 15.8. The average Bonchev–Trinajstić information content (AvgIpc) is 3.11. The predicted octanol–water partition coefficient (Wildman–Crippen LogP) is 3.04. The first-order valence-electron chi connectivity index (χ1n) is 6.54. The number of carbonyl (C=O) groups excluding carboxylic acids is 1. The highest BCUT2D eigenvalue weighted by Gasteiger charge is 2.23. The Morgan fingerprint density at radius 3 is 2.76 bits per heavy atom. The summed E-state index contributed by atoms with van der Waals surface area (Å²) in [7, 11) is 0. The van der Waals surface area contributed by atoms with Crippen molar-refractivity contribution in [2.24, 2.45) is 4.99 Å². The largest absolute Gasteiger partial charge is 0.493 e. The lowest BCUT2D eigenvalue weighted by Gasteiger charge is -2.04. The number of para-hydroxylation sites is 1. The van der Waals surface area contributed by atoms with E-state index in [9.17, 15) is 4.79 Å². The summed E-state index contributed by atoms with van der Waals surface area (Å²) in [5.41, 5.74) is 0.236. The minimum absolute atomic E-state index is 0.236. The van der Waals surface area contributed by atoms with Crippen LogP contribution >= 0.6 is 0 Å². The van der Waals surface area contributed by atoms with Crippen molar-refractivity contribution in [1.29, 1.82) is 0 Å². The number of esters is 1. The van der Waals surface area contributed by atoms with E-state index >= 15 is 0 Å². The molecule has 0 amide bonds. The van der Waals surface area contributed by atoms with Gasteiger partial charge in [0.2, 0.25) is 5.90 Å². The Bertz CT molecular complexity index is 672. The molecule has 0 radical (unpaired) electrons. The Labute approximate surface area is 121 Å². The molecule has 0 unspecified atom stereocenters. The normalized spacial score (nSPS) is 15.9. The van der Waals surface area contributed by atoms with E-state index in [4.69, 9.17) is 13.9 Å². The van der Waals surface area contributed by atoms with Crippen molar-refractivity contribution in [2.45, 2.75) is 6.42 Å². The number of aliphatic imine (C=N–C) groups is 1. The zero-order valence-corrected chi connectivity index (χ0v) is 11.2. The van der Waals surface area contributed by atoms with Crippen molar-refractivity contribution in [3.05, 3.63) is 60.2 Å². The van der Waals surface area contributed by atoms with Gasteiger partial charge in [-0.3, -0.25) is 0 Å². The average molecular weight is 283 g/mol. The van der Waals surface area contributed by atoms with Gasteiger partial charge in [0.15, 0.2) is 5.70 Å². The summed E-state index contributed by atoms with van der Waals surface area (Å²) in [6, 6.07) is 12.9. The second kappa shape index (κ2) is 6.09. The summed E-state index contributed by atoms with van der Waals surface area (Å²) >= 11 is 0. The number of furan rings is 1. The van der Waals surface area contributed by atoms with Gasteiger partial charge in [0.1, 0.15) is 11.5 Å². The van der Waals surface area contributed by atoms with Gasteiger partial charge in [0, 0.05) is 6.08 Å². The van der Waals surface area contributed by atoms with Crippen LogP contribution in [0.1, 0.15) is 12.2 Å². The molecule has 5 nitrogen and oxygen atoms in total. The van der Waals surface area contributed by atoms with Gasteiger partial charge in [0.05, 0.1) is 19.3 Å². The van der Waals surface area contributed by atoms with Gasteiger partial charge in [0.25, 0.3) is 0 Å². The highest BCUT2D eigenvalue weighted by Crippen LogP contribution is 2.17. The number of hydrogen-bond acceptors (Lipinski definition) is 5. The Morgan fingerprint density at radius 2 is 2.00 bits per heavy atom. The van der Waals surface area contributed by atoms with Crippen LogP contribution in [0.15, 0.2) is 63.8 Å². The summed E-state index contributed by atoms with van der Waals surface area (Å²) in [6.07, 6.45) is 3.51. The molecule has 1 aliphatic rings. The monoisotopic (exact) mass is 283 g/mol. The summed E-state index contributed by atoms with van der Waals surface area (Å²) in [5, 5.41) is 0. The van der Waals surface area contributed by atoms with Gasteiger partial charge in [-0.1, -0.05) is 18.2 Å². The Balaban J connectivity index is 1.58. The van der Waals surface area contributed by atoms with Crippen LogP contribution in [-0.4, -0.2) is 18.5 Å². The molecule has 3 rings (SSSR count). The molecule has 1 aliphatic heterocycles. The van der Waals surface area contributed by atoms with Crippen molar-refractivity contribution in [3.63, 3.8) is 0 Å². The summed E-state index contributed by atoms with van der Waals surface area (Å²) in [6.45, 7) is 0.393. The van der Waals surface area contributed by atoms with E-state index in [1.165, 1.54) is 6.26 Å². The number of nitrogens with zero attached hydrogens (tertiary/aromatic N) is 1.